The van der Waals surface area contributed by atoms with Gasteiger partial charge in [-0.05, 0) is 103 Å². The van der Waals surface area contributed by atoms with Gasteiger partial charge in [-0.25, -0.2) is 9.18 Å². The maximum absolute atomic E-state index is 14.7. The van der Waals surface area contributed by atoms with Crippen molar-refractivity contribution in [1.82, 2.24) is 9.80 Å². The van der Waals surface area contributed by atoms with Crippen LogP contribution in [-0.2, 0) is 27.5 Å². The number of halogens is 1. The standard InChI is InChI=1S/C50H61FN4O10/c1-3-5-28-62-49(58)54(33-35-12-16-38(51)17-13-35)46-32-44(52-64-34-36-14-18-39(19-15-36)55(59)60)42-30-37(10-6-8-25-56)41(11-7-9-26-57)47-43-31-40(61-29-24-53-22-23-53)20-21-45(43)65-50(46,48(42)47)63-27-4-2/h3-4,12-21,30-31,37,41,46-48,56-57H,1-2,5-11,22-29,32-34H2/t37-,41+,46-,47+,48+,50+/m0/s1. The summed E-state index contributed by atoms with van der Waals surface area (Å²) in [4.78, 5) is 35.6. The van der Waals surface area contributed by atoms with Crippen LogP contribution in [0.1, 0.15) is 74.0 Å². The highest BCUT2D eigenvalue weighted by molar-refractivity contribution is 6.03. The fourth-order valence-electron chi connectivity index (χ4n) is 9.62. The fourth-order valence-corrected chi connectivity index (χ4v) is 9.62. The maximum Gasteiger partial charge on any atom is 0.410 e. The normalized spacial score (nSPS) is 23.6. The first-order valence-corrected chi connectivity index (χ1v) is 22.8. The molecule has 348 valence electrons. The van der Waals surface area contributed by atoms with Crippen LogP contribution in [0.4, 0.5) is 14.9 Å². The van der Waals surface area contributed by atoms with Gasteiger partial charge in [0.15, 0.2) is 0 Å². The molecule has 0 bridgehead atoms. The van der Waals surface area contributed by atoms with Crippen LogP contribution in [0.15, 0.2) is 109 Å². The zero-order chi connectivity index (χ0) is 45.8. The van der Waals surface area contributed by atoms with Crippen LogP contribution in [0.25, 0.3) is 0 Å². The molecule has 2 N–H and O–H groups in total. The van der Waals surface area contributed by atoms with Gasteiger partial charge in [0.1, 0.15) is 36.6 Å². The Bertz CT molecular complexity index is 2160. The van der Waals surface area contributed by atoms with Crippen LogP contribution < -0.4 is 9.47 Å². The number of oxime groups is 1. The Morgan fingerprint density at radius 2 is 1.72 bits per heavy atom. The number of aliphatic hydroxyl groups is 2. The predicted molar refractivity (Wildman–Crippen MR) is 243 cm³/mol. The van der Waals surface area contributed by atoms with Crippen molar-refractivity contribution in [1.29, 1.82) is 0 Å². The first-order chi connectivity index (χ1) is 31.7. The number of nitrogens with zero attached hydrogens (tertiary/aromatic N) is 4. The van der Waals surface area contributed by atoms with Crippen LogP contribution in [0, 0.1) is 33.7 Å². The Kier molecular flexibility index (Phi) is 16.4. The van der Waals surface area contributed by atoms with Crippen LogP contribution in [-0.4, -0.2) is 101 Å². The number of aliphatic hydroxyl groups excluding tert-OH is 2. The lowest BCUT2D eigenvalue weighted by Crippen LogP contribution is -2.70. The third-order valence-electron chi connectivity index (χ3n) is 12.8. The second kappa shape index (κ2) is 22.5. The van der Waals surface area contributed by atoms with E-state index in [4.69, 9.17) is 28.9 Å². The molecule has 2 fully saturated rings. The monoisotopic (exact) mass is 896 g/mol. The van der Waals surface area contributed by atoms with E-state index >= 15 is 0 Å². The second-order valence-corrected chi connectivity index (χ2v) is 17.1. The summed E-state index contributed by atoms with van der Waals surface area (Å²) in [5, 5.41) is 36.2. The van der Waals surface area contributed by atoms with E-state index in [0.717, 1.165) is 56.5 Å². The summed E-state index contributed by atoms with van der Waals surface area (Å²) in [5.74, 6) is -1.58. The number of carbonyl (C=O) groups is 1. The Morgan fingerprint density at radius 1 is 0.985 bits per heavy atom. The summed E-state index contributed by atoms with van der Waals surface area (Å²) < 4.78 is 41.0. The Balaban J connectivity index is 1.42. The van der Waals surface area contributed by atoms with Crippen molar-refractivity contribution in [2.24, 2.45) is 22.9 Å². The molecule has 1 amide bonds. The summed E-state index contributed by atoms with van der Waals surface area (Å²) in [6.45, 7) is 11.5. The van der Waals surface area contributed by atoms with Crippen LogP contribution in [0.2, 0.25) is 0 Å². The molecular formula is C50H61FN4O10. The molecule has 65 heavy (non-hydrogen) atoms. The molecule has 2 heterocycles. The molecule has 3 aromatic carbocycles. The number of hydrogen-bond donors (Lipinski definition) is 2. The third kappa shape index (κ3) is 11.4. The lowest BCUT2D eigenvalue weighted by atomic mass is 9.55. The number of amides is 1. The Labute approximate surface area is 380 Å². The van der Waals surface area contributed by atoms with Crippen molar-refractivity contribution in [2.75, 3.05) is 52.7 Å². The predicted octanol–water partition coefficient (Wildman–Crippen LogP) is 8.48. The highest BCUT2D eigenvalue weighted by atomic mass is 19.1. The molecule has 14 nitrogen and oxygen atoms in total. The molecule has 0 unspecified atom stereocenters. The van der Waals surface area contributed by atoms with Gasteiger partial charge >= 0.3 is 6.09 Å². The number of nitro benzene ring substituents is 1. The summed E-state index contributed by atoms with van der Waals surface area (Å²) >= 11 is 0. The van der Waals surface area contributed by atoms with Crippen molar-refractivity contribution in [2.45, 2.75) is 82.3 Å². The van der Waals surface area contributed by atoms with Crippen LogP contribution in [0.3, 0.4) is 0 Å². The Morgan fingerprint density at radius 3 is 2.42 bits per heavy atom. The number of benzene rings is 3. The summed E-state index contributed by atoms with van der Waals surface area (Å²) in [7, 11) is 0. The number of hydrogen-bond acceptors (Lipinski definition) is 12. The maximum atomic E-state index is 14.7. The summed E-state index contributed by atoms with van der Waals surface area (Å²) in [5.41, 5.74) is 3.60. The van der Waals surface area contributed by atoms with Crippen molar-refractivity contribution in [3.8, 4) is 11.5 Å². The fraction of sp³-hybridized carbons (Fsp3) is 0.480. The second-order valence-electron chi connectivity index (χ2n) is 17.1. The minimum absolute atomic E-state index is 0.00222. The summed E-state index contributed by atoms with van der Waals surface area (Å²) in [6, 6.07) is 17.0. The molecule has 1 saturated heterocycles. The minimum atomic E-state index is -1.56. The van der Waals surface area contributed by atoms with Crippen LogP contribution >= 0.6 is 0 Å². The molecular weight excluding hydrogens is 836 g/mol. The molecule has 3 aromatic rings. The number of unbranched alkanes of at least 4 members (excludes halogenated alkanes) is 2. The van der Waals surface area contributed by atoms with E-state index in [1.54, 1.807) is 41.3 Å². The molecule has 1 saturated carbocycles. The summed E-state index contributed by atoms with van der Waals surface area (Å²) in [6.07, 6.45) is 9.73. The molecule has 0 radical (unpaired) electrons. The number of carbonyl (C=O) groups excluding carboxylic acids is 1. The van der Waals surface area contributed by atoms with Crippen molar-refractivity contribution < 1.29 is 48.1 Å². The molecule has 4 aliphatic rings. The number of nitro groups is 1. The highest BCUT2D eigenvalue weighted by Crippen LogP contribution is 2.62. The molecule has 2 aliphatic carbocycles. The smallest absolute Gasteiger partial charge is 0.410 e. The van der Waals surface area contributed by atoms with Crippen LogP contribution in [0.5, 0.6) is 11.5 Å². The van der Waals surface area contributed by atoms with E-state index < -0.39 is 34.6 Å². The van der Waals surface area contributed by atoms with Gasteiger partial charge in [-0.3, -0.25) is 19.9 Å². The van der Waals surface area contributed by atoms with Gasteiger partial charge < -0.3 is 34.0 Å². The van der Waals surface area contributed by atoms with Gasteiger partial charge in [0, 0.05) is 69.4 Å². The van der Waals surface area contributed by atoms with Gasteiger partial charge in [0.05, 0.1) is 29.8 Å². The Hall–Kier alpha value is -5.61. The molecule has 15 heteroatoms. The molecule has 0 spiro atoms. The van der Waals surface area contributed by atoms with Gasteiger partial charge in [-0.2, -0.15) is 0 Å². The third-order valence-corrected chi connectivity index (χ3v) is 12.8. The van der Waals surface area contributed by atoms with Crippen molar-refractivity contribution in [3.05, 3.63) is 136 Å². The van der Waals surface area contributed by atoms with Crippen molar-refractivity contribution in [3.63, 3.8) is 0 Å². The zero-order valence-corrected chi connectivity index (χ0v) is 36.9. The first kappa shape index (κ1) is 47.4. The van der Waals surface area contributed by atoms with Gasteiger partial charge in [-0.15, -0.1) is 13.2 Å². The largest absolute Gasteiger partial charge is 0.492 e. The number of non-ortho nitro benzene ring substituents is 1. The SMILES string of the molecule is C=CCCOC(=O)N(Cc1ccc(F)cc1)[C@H]1CC(=NOCc2ccc([N+](=O)[O-])cc2)C2=C[C@H](CCCCO)[C@@H](CCCCO)[C@@H]3c4cc(OCCN5CC5)ccc4O[C@@]1(OCC=C)[C@H]23. The van der Waals surface area contributed by atoms with Crippen molar-refractivity contribution >= 4 is 17.5 Å². The first-order valence-electron chi connectivity index (χ1n) is 22.8. The highest BCUT2D eigenvalue weighted by Gasteiger charge is 2.65. The van der Waals surface area contributed by atoms with E-state index in [0.29, 0.717) is 54.2 Å². The van der Waals surface area contributed by atoms with E-state index in [1.807, 2.05) is 12.1 Å². The van der Waals surface area contributed by atoms with E-state index in [-0.39, 0.29) is 69.4 Å². The number of fused-ring (bicyclic) bond motifs is 2. The number of ether oxygens (including phenoxy) is 4. The number of allylic oxidation sites excluding steroid dienone is 1. The number of rotatable bonds is 25. The van der Waals surface area contributed by atoms with E-state index in [9.17, 15) is 29.5 Å². The average molecular weight is 897 g/mol. The molecule has 7 rings (SSSR count). The van der Waals surface area contributed by atoms with E-state index in [2.05, 4.69) is 30.2 Å². The lowest BCUT2D eigenvalue weighted by Gasteiger charge is -2.59. The van der Waals surface area contributed by atoms with Gasteiger partial charge in [0.2, 0.25) is 5.79 Å². The van der Waals surface area contributed by atoms with Gasteiger partial charge in [0.25, 0.3) is 5.69 Å². The minimum Gasteiger partial charge on any atom is -0.492 e. The molecule has 6 atom stereocenters. The van der Waals surface area contributed by atoms with E-state index in [1.165, 1.54) is 24.3 Å². The molecule has 0 aromatic heterocycles. The lowest BCUT2D eigenvalue weighted by molar-refractivity contribution is -0.384. The average Bonchev–Trinajstić information content (AvgIpc) is 4.14. The zero-order valence-electron chi connectivity index (χ0n) is 36.9. The molecule has 2 aliphatic heterocycles. The topological polar surface area (TPSA) is 165 Å². The van der Waals surface area contributed by atoms with Gasteiger partial charge in [-0.1, -0.05) is 48.4 Å². The quantitative estimate of drug-likeness (QED) is 0.0276.